The Balaban J connectivity index is 2.47. The Morgan fingerprint density at radius 2 is 2.00 bits per heavy atom. The van der Waals surface area contributed by atoms with Crippen LogP contribution in [-0.4, -0.2) is 10.8 Å². The molecule has 4 nitrogen and oxygen atoms in total. The van der Waals surface area contributed by atoms with Crippen molar-refractivity contribution in [3.8, 4) is 0 Å². The number of carbonyl (C=O) groups is 1. The fourth-order valence-corrected chi connectivity index (χ4v) is 1.59. The third-order valence-corrected chi connectivity index (χ3v) is 2.56. The molecule has 2 rings (SSSR count). The zero-order valence-electron chi connectivity index (χ0n) is 9.77. The van der Waals surface area contributed by atoms with Crippen LogP contribution in [0.1, 0.15) is 21.5 Å². The average Bonchev–Trinajstić information content (AvgIpc) is 2.35. The van der Waals surface area contributed by atoms with Crippen LogP contribution in [0, 0.1) is 12.7 Å². The molecule has 1 aromatic heterocycles. The number of halogens is 1. The molecular formula is C13H12FN3O. The third kappa shape index (κ3) is 2.15. The summed E-state index contributed by atoms with van der Waals surface area (Å²) in [4.78, 5) is 16.1. The maximum Gasteiger partial charge on any atom is 0.196 e. The molecule has 0 spiro atoms. The number of nitrogens with two attached hydrogens (primary N) is 2. The van der Waals surface area contributed by atoms with Crippen LogP contribution in [0.25, 0.3) is 0 Å². The van der Waals surface area contributed by atoms with Gasteiger partial charge in [-0.15, -0.1) is 0 Å². The van der Waals surface area contributed by atoms with E-state index in [1.807, 2.05) is 0 Å². The van der Waals surface area contributed by atoms with Crippen LogP contribution in [0.3, 0.4) is 0 Å². The summed E-state index contributed by atoms with van der Waals surface area (Å²) in [5.74, 6) is -0.870. The zero-order valence-corrected chi connectivity index (χ0v) is 9.77. The molecule has 0 atom stereocenters. The number of carbonyl (C=O) groups excluding carboxylic acids is 1. The van der Waals surface area contributed by atoms with Gasteiger partial charge in [-0.3, -0.25) is 4.79 Å². The van der Waals surface area contributed by atoms with E-state index in [1.165, 1.54) is 12.1 Å². The van der Waals surface area contributed by atoms with Gasteiger partial charge in [0.25, 0.3) is 0 Å². The fourth-order valence-electron chi connectivity index (χ4n) is 1.59. The number of pyridine rings is 1. The number of benzene rings is 1. The first-order valence-corrected chi connectivity index (χ1v) is 5.31. The van der Waals surface area contributed by atoms with Crippen LogP contribution in [0.5, 0.6) is 0 Å². The minimum absolute atomic E-state index is 0.00175. The van der Waals surface area contributed by atoms with Gasteiger partial charge in [0.05, 0.1) is 11.3 Å². The molecule has 0 amide bonds. The molecule has 0 aliphatic rings. The van der Waals surface area contributed by atoms with Crippen molar-refractivity contribution < 1.29 is 9.18 Å². The second-order valence-corrected chi connectivity index (χ2v) is 4.01. The van der Waals surface area contributed by atoms with Gasteiger partial charge in [-0.05, 0) is 36.8 Å². The molecule has 92 valence electrons. The molecule has 0 aliphatic heterocycles. The standard InChI is InChI=1S/C13H12FN3O/c1-7-4-9(13(16)17-6-7)12(18)8-2-3-11(15)10(14)5-8/h2-6H,15H2,1H3,(H2,16,17). The van der Waals surface area contributed by atoms with E-state index in [0.717, 1.165) is 11.6 Å². The van der Waals surface area contributed by atoms with Crippen LogP contribution in [-0.2, 0) is 0 Å². The average molecular weight is 245 g/mol. The topological polar surface area (TPSA) is 82.0 Å². The fraction of sp³-hybridized carbons (Fsp3) is 0.0769. The van der Waals surface area contributed by atoms with E-state index in [9.17, 15) is 9.18 Å². The first-order valence-electron chi connectivity index (χ1n) is 5.31. The Morgan fingerprint density at radius 3 is 2.67 bits per heavy atom. The highest BCUT2D eigenvalue weighted by molar-refractivity contribution is 6.11. The Hall–Kier alpha value is -2.43. The molecule has 0 bridgehead atoms. The van der Waals surface area contributed by atoms with E-state index in [1.54, 1.807) is 19.2 Å². The summed E-state index contributed by atoms with van der Waals surface area (Å²) >= 11 is 0. The van der Waals surface area contributed by atoms with Gasteiger partial charge in [0.1, 0.15) is 11.6 Å². The molecule has 0 radical (unpaired) electrons. The van der Waals surface area contributed by atoms with Crippen molar-refractivity contribution in [2.75, 3.05) is 11.5 Å². The highest BCUT2D eigenvalue weighted by Crippen LogP contribution is 2.19. The summed E-state index contributed by atoms with van der Waals surface area (Å²) in [7, 11) is 0. The molecule has 4 N–H and O–H groups in total. The lowest BCUT2D eigenvalue weighted by Crippen LogP contribution is -2.08. The van der Waals surface area contributed by atoms with Gasteiger partial charge in [-0.25, -0.2) is 9.37 Å². The van der Waals surface area contributed by atoms with Crippen molar-refractivity contribution in [1.82, 2.24) is 4.98 Å². The summed E-state index contributed by atoms with van der Waals surface area (Å²) in [6.07, 6.45) is 1.57. The lowest BCUT2D eigenvalue weighted by atomic mass is 10.0. The van der Waals surface area contributed by atoms with Crippen LogP contribution in [0.15, 0.2) is 30.5 Å². The molecule has 0 aliphatic carbocycles. The number of nitrogen functional groups attached to an aromatic ring is 2. The van der Waals surface area contributed by atoms with Crippen molar-refractivity contribution in [2.24, 2.45) is 0 Å². The van der Waals surface area contributed by atoms with Gasteiger partial charge in [0.2, 0.25) is 0 Å². The first-order chi connectivity index (χ1) is 8.49. The van der Waals surface area contributed by atoms with Gasteiger partial charge in [-0.2, -0.15) is 0 Å². The molecule has 18 heavy (non-hydrogen) atoms. The second kappa shape index (κ2) is 4.44. The number of anilines is 2. The molecule has 2 aromatic rings. The summed E-state index contributed by atoms with van der Waals surface area (Å²) in [5.41, 5.74) is 12.3. The van der Waals surface area contributed by atoms with Crippen LogP contribution < -0.4 is 11.5 Å². The molecule has 0 unspecified atom stereocenters. The van der Waals surface area contributed by atoms with Gasteiger partial charge >= 0.3 is 0 Å². The Morgan fingerprint density at radius 1 is 1.28 bits per heavy atom. The van der Waals surface area contributed by atoms with Gasteiger partial charge < -0.3 is 11.5 Å². The maximum absolute atomic E-state index is 13.3. The molecule has 0 saturated heterocycles. The second-order valence-electron chi connectivity index (χ2n) is 4.01. The number of aromatic nitrogens is 1. The number of ketones is 1. The lowest BCUT2D eigenvalue weighted by molar-refractivity contribution is 0.103. The van der Waals surface area contributed by atoms with Crippen LogP contribution >= 0.6 is 0 Å². The number of nitrogens with zero attached hydrogens (tertiary/aromatic N) is 1. The van der Waals surface area contributed by atoms with Gasteiger partial charge in [0.15, 0.2) is 5.78 Å². The SMILES string of the molecule is Cc1cnc(N)c(C(=O)c2ccc(N)c(F)c2)c1. The molecule has 1 aromatic carbocycles. The van der Waals surface area contributed by atoms with Crippen molar-refractivity contribution in [1.29, 1.82) is 0 Å². The quantitative estimate of drug-likeness (QED) is 0.625. The summed E-state index contributed by atoms with van der Waals surface area (Å²) in [6.45, 7) is 1.80. The van der Waals surface area contributed by atoms with Gasteiger partial charge in [0, 0.05) is 11.8 Å². The van der Waals surface area contributed by atoms with Crippen molar-refractivity contribution in [3.05, 3.63) is 53.0 Å². The van der Waals surface area contributed by atoms with E-state index < -0.39 is 5.82 Å². The highest BCUT2D eigenvalue weighted by Gasteiger charge is 2.14. The smallest absolute Gasteiger partial charge is 0.196 e. The number of hydrogen-bond donors (Lipinski definition) is 2. The Kier molecular flexibility index (Phi) is 2.97. The molecular weight excluding hydrogens is 233 g/mol. The highest BCUT2D eigenvalue weighted by atomic mass is 19.1. The molecule has 0 fully saturated rings. The van der Waals surface area contributed by atoms with E-state index >= 15 is 0 Å². The zero-order chi connectivity index (χ0) is 13.3. The summed E-state index contributed by atoms with van der Waals surface area (Å²) < 4.78 is 13.3. The van der Waals surface area contributed by atoms with Crippen molar-refractivity contribution in [3.63, 3.8) is 0 Å². The third-order valence-electron chi connectivity index (χ3n) is 2.56. The number of aryl methyl sites for hydroxylation is 1. The van der Waals surface area contributed by atoms with E-state index in [-0.39, 0.29) is 28.4 Å². The van der Waals surface area contributed by atoms with Crippen molar-refractivity contribution >= 4 is 17.3 Å². The molecule has 1 heterocycles. The van der Waals surface area contributed by atoms with Crippen LogP contribution in [0.2, 0.25) is 0 Å². The summed E-state index contributed by atoms with van der Waals surface area (Å²) in [5, 5.41) is 0. The van der Waals surface area contributed by atoms with Gasteiger partial charge in [-0.1, -0.05) is 0 Å². The molecule has 5 heteroatoms. The maximum atomic E-state index is 13.3. The summed E-state index contributed by atoms with van der Waals surface area (Å²) in [6, 6.07) is 5.53. The molecule has 0 saturated carbocycles. The monoisotopic (exact) mass is 245 g/mol. The predicted octanol–water partition coefficient (Wildman–Crippen LogP) is 1.92. The van der Waals surface area contributed by atoms with Crippen LogP contribution in [0.4, 0.5) is 15.9 Å². The van der Waals surface area contributed by atoms with E-state index in [2.05, 4.69) is 4.98 Å². The van der Waals surface area contributed by atoms with E-state index in [4.69, 9.17) is 11.5 Å². The van der Waals surface area contributed by atoms with Crippen molar-refractivity contribution in [2.45, 2.75) is 6.92 Å². The Labute approximate surface area is 103 Å². The number of rotatable bonds is 2. The van der Waals surface area contributed by atoms with E-state index in [0.29, 0.717) is 0 Å². The minimum Gasteiger partial charge on any atom is -0.396 e. The number of hydrogen-bond acceptors (Lipinski definition) is 4. The minimum atomic E-state index is -0.625. The Bertz CT molecular complexity index is 626. The predicted molar refractivity (Wildman–Crippen MR) is 67.6 cm³/mol. The largest absolute Gasteiger partial charge is 0.396 e. The lowest BCUT2D eigenvalue weighted by Gasteiger charge is -2.06. The first kappa shape index (κ1) is 12.0. The normalized spacial score (nSPS) is 10.3.